The first-order chi connectivity index (χ1) is 12.4. The fraction of sp³-hybridized carbons (Fsp3) is 0.200. The summed E-state index contributed by atoms with van der Waals surface area (Å²) in [4.78, 5) is 3.69. The van der Waals surface area contributed by atoms with E-state index in [0.717, 1.165) is 23.7 Å². The molecule has 126 valence electrons. The lowest BCUT2D eigenvalue weighted by atomic mass is 10.2. The summed E-state index contributed by atoms with van der Waals surface area (Å²) in [6.45, 7) is 1.13. The third kappa shape index (κ3) is 2.79. The molecule has 1 fully saturated rings. The highest BCUT2D eigenvalue weighted by molar-refractivity contribution is 7.97. The smallest absolute Gasteiger partial charge is 0.129 e. The van der Waals surface area contributed by atoms with E-state index in [4.69, 9.17) is 4.74 Å². The lowest BCUT2D eigenvalue weighted by Gasteiger charge is -2.33. The molecule has 1 atom stereocenters. The van der Waals surface area contributed by atoms with Crippen molar-refractivity contribution in [2.24, 2.45) is 0 Å². The largest absolute Gasteiger partial charge is 0.457 e. The summed E-state index contributed by atoms with van der Waals surface area (Å²) < 4.78 is 11.7. The second-order valence-electron chi connectivity index (χ2n) is 6.39. The van der Waals surface area contributed by atoms with Gasteiger partial charge in [-0.15, -0.1) is 0 Å². The maximum Gasteiger partial charge on any atom is 0.129 e. The maximum atomic E-state index is 6.12. The molecule has 0 radical (unpaired) electrons. The number of nitrogens with zero attached hydrogens (tertiary/aromatic N) is 2. The molecule has 0 bridgehead atoms. The predicted octanol–water partition coefficient (Wildman–Crippen LogP) is 4.81. The van der Waals surface area contributed by atoms with Gasteiger partial charge in [-0.3, -0.25) is 0 Å². The number of fused-ring (bicyclic) bond motifs is 3. The van der Waals surface area contributed by atoms with Gasteiger partial charge in [0.1, 0.15) is 11.5 Å². The Morgan fingerprint density at radius 2 is 1.88 bits per heavy atom. The number of aromatic nitrogens is 1. The first-order valence-corrected chi connectivity index (χ1v) is 9.43. The average molecular weight is 349 g/mol. The number of nitrogens with one attached hydrogen (secondary N) is 1. The number of benzene rings is 2. The molecule has 0 spiro atoms. The van der Waals surface area contributed by atoms with E-state index in [1.54, 1.807) is 11.9 Å². The Hall–Kier alpha value is -2.37. The van der Waals surface area contributed by atoms with Gasteiger partial charge in [-0.2, -0.15) is 0 Å². The van der Waals surface area contributed by atoms with E-state index in [1.165, 1.54) is 23.4 Å². The molecule has 2 aliphatic rings. The Morgan fingerprint density at radius 3 is 2.80 bits per heavy atom. The number of hydrogen-bond donors (Lipinski definition) is 1. The van der Waals surface area contributed by atoms with E-state index >= 15 is 0 Å². The van der Waals surface area contributed by atoms with Gasteiger partial charge in [0.2, 0.25) is 0 Å². The van der Waals surface area contributed by atoms with E-state index in [2.05, 4.69) is 44.5 Å². The summed E-state index contributed by atoms with van der Waals surface area (Å²) in [5.74, 6) is 1.72. The van der Waals surface area contributed by atoms with Crippen LogP contribution < -0.4 is 14.4 Å². The van der Waals surface area contributed by atoms with Gasteiger partial charge in [-0.1, -0.05) is 6.07 Å². The summed E-state index contributed by atoms with van der Waals surface area (Å²) in [5, 5.41) is 0. The molecule has 1 aromatic heterocycles. The molecule has 5 heteroatoms. The monoisotopic (exact) mass is 349 g/mol. The van der Waals surface area contributed by atoms with Crippen LogP contribution in [0.15, 0.2) is 71.9 Å². The van der Waals surface area contributed by atoms with Crippen LogP contribution in [0.3, 0.4) is 0 Å². The third-order valence-corrected chi connectivity index (χ3v) is 5.69. The van der Waals surface area contributed by atoms with Crippen molar-refractivity contribution >= 4 is 17.6 Å². The van der Waals surface area contributed by atoms with Crippen molar-refractivity contribution in [3.63, 3.8) is 0 Å². The second-order valence-corrected chi connectivity index (χ2v) is 7.27. The molecule has 1 N–H and O–H groups in total. The van der Waals surface area contributed by atoms with Crippen molar-refractivity contribution in [1.29, 1.82) is 0 Å². The van der Waals surface area contributed by atoms with Crippen LogP contribution in [0, 0.1) is 0 Å². The third-order valence-electron chi connectivity index (χ3n) is 4.75. The summed E-state index contributed by atoms with van der Waals surface area (Å²) in [7, 11) is 0. The molecule has 2 aromatic carbocycles. The van der Waals surface area contributed by atoms with Crippen LogP contribution >= 0.6 is 11.9 Å². The standard InChI is InChI=1S/C20H19N3OS/c1-2-11-22(10-1)15-5-3-6-16(13-15)24-17-8-9-18-19(14-17)25-21-20-7-4-12-23(18)20/h1-3,5-6,8-11,13-14,20-21H,4,7,12H2. The minimum Gasteiger partial charge on any atom is -0.457 e. The van der Waals surface area contributed by atoms with Gasteiger partial charge in [0.25, 0.3) is 0 Å². The average Bonchev–Trinajstić information content (AvgIpc) is 3.33. The molecule has 3 aromatic rings. The lowest BCUT2D eigenvalue weighted by Crippen LogP contribution is -2.41. The van der Waals surface area contributed by atoms with Gasteiger partial charge >= 0.3 is 0 Å². The Labute approximate surface area is 151 Å². The zero-order valence-corrected chi connectivity index (χ0v) is 14.6. The minimum absolute atomic E-state index is 0.475. The molecule has 0 saturated carbocycles. The van der Waals surface area contributed by atoms with E-state index in [1.807, 2.05) is 36.7 Å². The van der Waals surface area contributed by atoms with Crippen molar-refractivity contribution in [2.45, 2.75) is 23.9 Å². The molecule has 0 amide bonds. The first-order valence-electron chi connectivity index (χ1n) is 8.61. The predicted molar refractivity (Wildman–Crippen MR) is 102 cm³/mol. The van der Waals surface area contributed by atoms with Gasteiger partial charge in [0.05, 0.1) is 11.9 Å². The molecule has 25 heavy (non-hydrogen) atoms. The highest BCUT2D eigenvalue weighted by atomic mass is 32.2. The van der Waals surface area contributed by atoms with Gasteiger partial charge < -0.3 is 14.2 Å². The zero-order chi connectivity index (χ0) is 16.6. The first kappa shape index (κ1) is 14.9. The molecular weight excluding hydrogens is 330 g/mol. The fourth-order valence-corrected chi connectivity index (χ4v) is 4.51. The zero-order valence-electron chi connectivity index (χ0n) is 13.8. The molecule has 2 aliphatic heterocycles. The number of rotatable bonds is 3. The van der Waals surface area contributed by atoms with Crippen LogP contribution in [0.2, 0.25) is 0 Å². The summed E-state index contributed by atoms with van der Waals surface area (Å²) in [5.41, 5.74) is 2.41. The van der Waals surface area contributed by atoms with Crippen LogP contribution in [0.1, 0.15) is 12.8 Å². The molecule has 4 nitrogen and oxygen atoms in total. The number of ether oxygens (including phenoxy) is 1. The Kier molecular flexibility index (Phi) is 3.68. The fourth-order valence-electron chi connectivity index (χ4n) is 3.54. The van der Waals surface area contributed by atoms with Gasteiger partial charge in [0.15, 0.2) is 0 Å². The SMILES string of the molecule is c1cc(Oc2ccc3c(c2)SNC2CCCN32)cc(-n2cccc2)c1. The summed E-state index contributed by atoms with van der Waals surface area (Å²) in [6.07, 6.45) is 7.01. The molecule has 5 rings (SSSR count). The molecule has 1 saturated heterocycles. The Morgan fingerprint density at radius 1 is 1.00 bits per heavy atom. The van der Waals surface area contributed by atoms with Gasteiger partial charge in [-0.25, -0.2) is 4.72 Å². The normalized spacial score (nSPS) is 18.7. The number of anilines is 1. The van der Waals surface area contributed by atoms with Gasteiger partial charge in [0, 0.05) is 35.6 Å². The van der Waals surface area contributed by atoms with E-state index < -0.39 is 0 Å². The minimum atomic E-state index is 0.475. The van der Waals surface area contributed by atoms with Crippen molar-refractivity contribution < 1.29 is 4.74 Å². The number of hydrogen-bond acceptors (Lipinski definition) is 4. The molecular formula is C20H19N3OS. The quantitative estimate of drug-likeness (QED) is 0.688. The molecule has 3 heterocycles. The maximum absolute atomic E-state index is 6.12. The van der Waals surface area contributed by atoms with Crippen LogP contribution in [-0.2, 0) is 0 Å². The van der Waals surface area contributed by atoms with Crippen molar-refractivity contribution in [2.75, 3.05) is 11.4 Å². The van der Waals surface area contributed by atoms with Crippen LogP contribution in [-0.4, -0.2) is 17.3 Å². The van der Waals surface area contributed by atoms with Crippen LogP contribution in [0.5, 0.6) is 11.5 Å². The lowest BCUT2D eigenvalue weighted by molar-refractivity contribution is 0.480. The van der Waals surface area contributed by atoms with Crippen molar-refractivity contribution in [3.8, 4) is 17.2 Å². The van der Waals surface area contributed by atoms with E-state index in [-0.39, 0.29) is 0 Å². The second kappa shape index (κ2) is 6.17. The van der Waals surface area contributed by atoms with Crippen LogP contribution in [0.4, 0.5) is 5.69 Å². The Balaban J connectivity index is 1.41. The summed E-state index contributed by atoms with van der Waals surface area (Å²) in [6, 6.07) is 18.6. The molecule has 0 aliphatic carbocycles. The van der Waals surface area contributed by atoms with Gasteiger partial charge in [-0.05, 0) is 67.3 Å². The van der Waals surface area contributed by atoms with Crippen molar-refractivity contribution in [3.05, 3.63) is 67.0 Å². The van der Waals surface area contributed by atoms with Crippen molar-refractivity contribution in [1.82, 2.24) is 9.29 Å². The van der Waals surface area contributed by atoms with E-state index in [0.29, 0.717) is 6.17 Å². The topological polar surface area (TPSA) is 29.4 Å². The Bertz CT molecular complexity index is 894. The highest BCUT2D eigenvalue weighted by Gasteiger charge is 2.30. The molecule has 1 unspecified atom stereocenters. The van der Waals surface area contributed by atoms with E-state index in [9.17, 15) is 0 Å². The van der Waals surface area contributed by atoms with Crippen LogP contribution in [0.25, 0.3) is 5.69 Å². The highest BCUT2D eigenvalue weighted by Crippen LogP contribution is 2.40. The summed E-state index contributed by atoms with van der Waals surface area (Å²) >= 11 is 1.72.